The van der Waals surface area contributed by atoms with Crippen LogP contribution in [-0.2, 0) is 26.6 Å². The van der Waals surface area contributed by atoms with E-state index in [0.29, 0.717) is 13.1 Å². The van der Waals surface area contributed by atoms with Gasteiger partial charge in [0, 0.05) is 61.8 Å². The Hall–Kier alpha value is -0.536. The molecule has 0 unspecified atom stereocenters. The van der Waals surface area contributed by atoms with E-state index in [1.807, 2.05) is 83.1 Å². The molecule has 0 saturated carbocycles. The molecular weight excluding hydrogens is 520 g/mol. The topological polar surface area (TPSA) is 96.5 Å². The highest BCUT2D eigenvalue weighted by molar-refractivity contribution is 6.61. The van der Waals surface area contributed by atoms with Crippen LogP contribution in [0.25, 0.3) is 0 Å². The molecule has 9 nitrogen and oxygen atoms in total. The Kier molecular flexibility index (Phi) is 19.2. The minimum Gasteiger partial charge on any atom is -0.371 e. The predicted molar refractivity (Wildman–Crippen MR) is 158 cm³/mol. The van der Waals surface area contributed by atoms with Crippen LogP contribution in [0.4, 0.5) is 4.79 Å². The fourth-order valence-corrected chi connectivity index (χ4v) is 10.8. The summed E-state index contributed by atoms with van der Waals surface area (Å²) in [6.45, 7) is 25.3. The highest BCUT2D eigenvalue weighted by atomic mass is 28.4. The molecule has 0 aliphatic heterocycles. The van der Waals surface area contributed by atoms with Gasteiger partial charge in [-0.1, -0.05) is 0 Å². The van der Waals surface area contributed by atoms with Gasteiger partial charge in [0.1, 0.15) is 0 Å². The van der Waals surface area contributed by atoms with Crippen molar-refractivity contribution >= 4 is 23.6 Å². The third-order valence-corrected chi connectivity index (χ3v) is 11.8. The summed E-state index contributed by atoms with van der Waals surface area (Å²) in [5.41, 5.74) is 0. The zero-order chi connectivity index (χ0) is 29.4. The molecule has 2 amide bonds. The van der Waals surface area contributed by atoms with Crippen molar-refractivity contribution in [3.63, 3.8) is 0 Å². The third kappa shape index (κ3) is 18.7. The highest BCUT2D eigenvalue weighted by Crippen LogP contribution is 2.25. The molecule has 0 rings (SSSR count). The Bertz CT molecular complexity index is 517. The molecule has 0 fully saturated rings. The van der Waals surface area contributed by atoms with Gasteiger partial charge in [-0.15, -0.1) is 0 Å². The molecule has 0 atom stereocenters. The van der Waals surface area contributed by atoms with Crippen molar-refractivity contribution in [3.05, 3.63) is 0 Å². The van der Waals surface area contributed by atoms with Crippen LogP contribution in [-0.4, -0.2) is 73.4 Å². The third-order valence-electron chi connectivity index (χ3n) is 4.88. The fourth-order valence-electron chi connectivity index (χ4n) is 4.07. The summed E-state index contributed by atoms with van der Waals surface area (Å²) in [7, 11) is -5.59. The first-order chi connectivity index (χ1) is 17.6. The minimum absolute atomic E-state index is 0.0294. The molecule has 0 aliphatic rings. The van der Waals surface area contributed by atoms with Crippen LogP contribution in [0.3, 0.4) is 0 Å². The number of carbonyl (C=O) groups is 1. The molecule has 0 bridgehead atoms. The standard InChI is InChI=1S/C27H60N2O7Si2/c1-21(2)31-37(32-22(3)4,33-23(5)6)19-15-13-17-28-27(30)29-18-14-16-20-38(34-24(7)8,35-25(9)10)36-26(11)12/h21-26H,13-20H2,1-12H3,(H2,28,29,30). The van der Waals surface area contributed by atoms with Gasteiger partial charge in [0.25, 0.3) is 0 Å². The van der Waals surface area contributed by atoms with Crippen LogP contribution in [0.1, 0.15) is 109 Å². The summed E-state index contributed by atoms with van der Waals surface area (Å²) in [4.78, 5) is 12.3. The van der Waals surface area contributed by atoms with Gasteiger partial charge in [0.15, 0.2) is 0 Å². The van der Waals surface area contributed by atoms with Crippen LogP contribution in [0, 0.1) is 0 Å². The number of rotatable bonds is 22. The monoisotopic (exact) mass is 580 g/mol. The van der Waals surface area contributed by atoms with Gasteiger partial charge in [-0.25, -0.2) is 4.79 Å². The Morgan fingerprint density at radius 2 is 0.711 bits per heavy atom. The lowest BCUT2D eigenvalue weighted by molar-refractivity contribution is 0.00166. The van der Waals surface area contributed by atoms with E-state index in [2.05, 4.69) is 10.6 Å². The zero-order valence-corrected chi connectivity index (χ0v) is 28.5. The Morgan fingerprint density at radius 3 is 0.921 bits per heavy atom. The normalized spacial score (nSPS) is 13.1. The predicted octanol–water partition coefficient (Wildman–Crippen LogP) is 6.27. The Labute approximate surface area is 236 Å². The molecule has 228 valence electrons. The summed E-state index contributed by atoms with van der Waals surface area (Å²) >= 11 is 0. The summed E-state index contributed by atoms with van der Waals surface area (Å²) < 4.78 is 37.3. The number of urea groups is 1. The van der Waals surface area contributed by atoms with Crippen molar-refractivity contribution in [3.8, 4) is 0 Å². The molecule has 0 aromatic rings. The molecular formula is C27H60N2O7Si2. The first-order valence-electron chi connectivity index (χ1n) is 14.7. The van der Waals surface area contributed by atoms with E-state index in [1.165, 1.54) is 0 Å². The maximum atomic E-state index is 12.3. The van der Waals surface area contributed by atoms with Crippen molar-refractivity contribution in [1.82, 2.24) is 10.6 Å². The number of unbranched alkanes of at least 4 members (excludes halogenated alkanes) is 2. The zero-order valence-electron chi connectivity index (χ0n) is 26.5. The smallest absolute Gasteiger partial charge is 0.371 e. The molecule has 0 heterocycles. The lowest BCUT2D eigenvalue weighted by Crippen LogP contribution is -2.50. The van der Waals surface area contributed by atoms with E-state index in [4.69, 9.17) is 26.6 Å². The largest absolute Gasteiger partial charge is 0.501 e. The quantitative estimate of drug-likeness (QED) is 0.115. The van der Waals surface area contributed by atoms with E-state index in [0.717, 1.165) is 37.8 Å². The lowest BCUT2D eigenvalue weighted by Gasteiger charge is -2.34. The molecule has 11 heteroatoms. The van der Waals surface area contributed by atoms with Crippen LogP contribution >= 0.6 is 0 Å². The number of hydrogen-bond acceptors (Lipinski definition) is 7. The second-order valence-electron chi connectivity index (χ2n) is 11.5. The molecule has 0 aromatic carbocycles. The van der Waals surface area contributed by atoms with E-state index in [9.17, 15) is 4.79 Å². The maximum absolute atomic E-state index is 12.3. The number of amides is 2. The van der Waals surface area contributed by atoms with Gasteiger partial charge in [-0.2, -0.15) is 0 Å². The molecule has 0 aromatic heterocycles. The van der Waals surface area contributed by atoms with E-state index in [1.54, 1.807) is 0 Å². The van der Waals surface area contributed by atoms with Crippen molar-refractivity contribution in [2.24, 2.45) is 0 Å². The summed E-state index contributed by atoms with van der Waals surface area (Å²) in [6, 6.07) is 1.31. The molecule has 0 spiro atoms. The first-order valence-corrected chi connectivity index (χ1v) is 18.5. The number of carbonyl (C=O) groups excluding carboxylic acids is 1. The second kappa shape index (κ2) is 19.5. The Morgan fingerprint density at radius 1 is 0.474 bits per heavy atom. The van der Waals surface area contributed by atoms with Crippen LogP contribution < -0.4 is 10.6 Å². The second-order valence-corrected chi connectivity index (χ2v) is 16.6. The van der Waals surface area contributed by atoms with Crippen molar-refractivity contribution in [2.45, 2.75) is 157 Å². The van der Waals surface area contributed by atoms with Crippen LogP contribution in [0.2, 0.25) is 12.1 Å². The average Bonchev–Trinajstić information content (AvgIpc) is 2.69. The van der Waals surface area contributed by atoms with Gasteiger partial charge in [-0.3, -0.25) is 0 Å². The van der Waals surface area contributed by atoms with Crippen LogP contribution in [0.5, 0.6) is 0 Å². The molecule has 2 N–H and O–H groups in total. The maximum Gasteiger partial charge on any atom is 0.501 e. The molecule has 0 saturated heterocycles. The fraction of sp³-hybridized carbons (Fsp3) is 0.963. The van der Waals surface area contributed by atoms with Gasteiger partial charge in [0.05, 0.1) is 0 Å². The number of hydrogen-bond donors (Lipinski definition) is 2. The van der Waals surface area contributed by atoms with Crippen LogP contribution in [0.15, 0.2) is 0 Å². The highest BCUT2D eigenvalue weighted by Gasteiger charge is 2.44. The van der Waals surface area contributed by atoms with Crippen molar-refractivity contribution in [2.75, 3.05) is 13.1 Å². The van der Waals surface area contributed by atoms with Gasteiger partial charge in [-0.05, 0) is 109 Å². The summed E-state index contributed by atoms with van der Waals surface area (Å²) in [5, 5.41) is 5.91. The first kappa shape index (κ1) is 37.5. The number of nitrogens with one attached hydrogen (secondary N) is 2. The molecule has 0 radical (unpaired) electrons. The van der Waals surface area contributed by atoms with Gasteiger partial charge < -0.3 is 37.2 Å². The van der Waals surface area contributed by atoms with Crippen molar-refractivity contribution < 1.29 is 31.4 Å². The van der Waals surface area contributed by atoms with E-state index in [-0.39, 0.29) is 42.7 Å². The summed E-state index contributed by atoms with van der Waals surface area (Å²) in [6.07, 6.45) is 3.54. The Balaban J connectivity index is 4.54. The van der Waals surface area contributed by atoms with Gasteiger partial charge >= 0.3 is 23.6 Å². The van der Waals surface area contributed by atoms with Crippen molar-refractivity contribution in [1.29, 1.82) is 0 Å². The van der Waals surface area contributed by atoms with E-state index >= 15 is 0 Å². The minimum atomic E-state index is -2.79. The molecule has 0 aliphatic carbocycles. The van der Waals surface area contributed by atoms with Gasteiger partial charge in [0.2, 0.25) is 0 Å². The van der Waals surface area contributed by atoms with E-state index < -0.39 is 17.6 Å². The SMILES string of the molecule is CC(C)O[Si](CCCCNC(=O)NCCCC[Si](OC(C)C)(OC(C)C)OC(C)C)(OC(C)C)OC(C)C. The average molecular weight is 581 g/mol. The summed E-state index contributed by atoms with van der Waals surface area (Å²) in [5.74, 6) is 0. The molecule has 38 heavy (non-hydrogen) atoms. The lowest BCUT2D eigenvalue weighted by atomic mass is 10.3.